The molecule has 0 bridgehead atoms. The Balaban J connectivity index is 2.38. The molecule has 0 saturated carbocycles. The van der Waals surface area contributed by atoms with Crippen molar-refractivity contribution in [3.63, 3.8) is 0 Å². The Morgan fingerprint density at radius 1 is 1.43 bits per heavy atom. The molecule has 14 heavy (non-hydrogen) atoms. The van der Waals surface area contributed by atoms with Crippen molar-refractivity contribution < 1.29 is 4.79 Å². The monoisotopic (exact) mass is 209 g/mol. The van der Waals surface area contributed by atoms with Crippen LogP contribution in [-0.4, -0.2) is 17.4 Å². The van der Waals surface area contributed by atoms with Crippen molar-refractivity contribution in [1.29, 1.82) is 0 Å². The topological polar surface area (TPSA) is 29.1 Å². The highest BCUT2D eigenvalue weighted by molar-refractivity contribution is 7.99. The molecule has 0 saturated heterocycles. The first-order chi connectivity index (χ1) is 6.74. The van der Waals surface area contributed by atoms with Gasteiger partial charge in [-0.05, 0) is 18.7 Å². The summed E-state index contributed by atoms with van der Waals surface area (Å²) in [7, 11) is 0. The molecule has 1 atom stereocenters. The third-order valence-corrected chi connectivity index (χ3v) is 2.95. The average Bonchev–Trinajstić information content (AvgIpc) is 2.26. The second kappa shape index (κ2) is 5.70. The number of hydrogen-bond donors (Lipinski definition) is 1. The van der Waals surface area contributed by atoms with Gasteiger partial charge in [0.15, 0.2) is 0 Å². The molecule has 0 fully saturated rings. The lowest BCUT2D eigenvalue weighted by Crippen LogP contribution is -2.30. The molecule has 0 aliphatic carbocycles. The molecule has 0 aliphatic heterocycles. The molecule has 1 unspecified atom stereocenters. The van der Waals surface area contributed by atoms with Gasteiger partial charge in [0.2, 0.25) is 5.91 Å². The summed E-state index contributed by atoms with van der Waals surface area (Å²) in [5.41, 5.74) is 1.13. The molecule has 0 aromatic heterocycles. The van der Waals surface area contributed by atoms with E-state index in [1.807, 2.05) is 43.5 Å². The Bertz CT molecular complexity index is 287. The maximum absolute atomic E-state index is 11.4. The molecule has 1 rings (SSSR count). The van der Waals surface area contributed by atoms with Gasteiger partial charge in [-0.1, -0.05) is 30.3 Å². The lowest BCUT2D eigenvalue weighted by Gasteiger charge is -2.09. The molecule has 0 spiro atoms. The highest BCUT2D eigenvalue weighted by atomic mass is 32.2. The normalized spacial score (nSPS) is 12.1. The summed E-state index contributed by atoms with van der Waals surface area (Å²) in [6.07, 6.45) is 1.94. The minimum atomic E-state index is 0.0266. The summed E-state index contributed by atoms with van der Waals surface area (Å²) in [6, 6.07) is 9.92. The lowest BCUT2D eigenvalue weighted by molar-refractivity contribution is -0.120. The van der Waals surface area contributed by atoms with Gasteiger partial charge in [-0.25, -0.2) is 0 Å². The zero-order valence-corrected chi connectivity index (χ0v) is 9.30. The highest BCUT2D eigenvalue weighted by Crippen LogP contribution is 2.05. The summed E-state index contributed by atoms with van der Waals surface area (Å²) in [5.74, 6) is 0.0985. The van der Waals surface area contributed by atoms with Gasteiger partial charge in [0, 0.05) is 6.54 Å². The Morgan fingerprint density at radius 3 is 2.64 bits per heavy atom. The van der Waals surface area contributed by atoms with Gasteiger partial charge >= 0.3 is 0 Å². The van der Waals surface area contributed by atoms with Gasteiger partial charge in [0.25, 0.3) is 0 Å². The number of nitrogens with one attached hydrogen (secondary N) is 1. The van der Waals surface area contributed by atoms with Crippen LogP contribution in [0, 0.1) is 0 Å². The van der Waals surface area contributed by atoms with Gasteiger partial charge in [-0.3, -0.25) is 4.79 Å². The van der Waals surface area contributed by atoms with E-state index in [9.17, 15) is 4.79 Å². The van der Waals surface area contributed by atoms with Crippen LogP contribution in [0.15, 0.2) is 30.3 Å². The third-order valence-electron chi connectivity index (χ3n) is 2.03. The second-order valence-electron chi connectivity index (χ2n) is 3.08. The standard InChI is InChI=1S/C11H15NOS/c1-9(14-2)11(13)12-8-10-6-4-3-5-7-10/h3-7,9H,8H2,1-2H3,(H,12,13). The smallest absolute Gasteiger partial charge is 0.233 e. The van der Waals surface area contributed by atoms with Crippen molar-refractivity contribution >= 4 is 17.7 Å². The first kappa shape index (κ1) is 11.1. The zero-order valence-electron chi connectivity index (χ0n) is 8.49. The summed E-state index contributed by atoms with van der Waals surface area (Å²) in [6.45, 7) is 2.52. The van der Waals surface area contributed by atoms with E-state index in [0.717, 1.165) is 5.56 Å². The maximum Gasteiger partial charge on any atom is 0.233 e. The highest BCUT2D eigenvalue weighted by Gasteiger charge is 2.09. The molecule has 1 aromatic rings. The fourth-order valence-corrected chi connectivity index (χ4v) is 1.33. The molecule has 1 aromatic carbocycles. The summed E-state index contributed by atoms with van der Waals surface area (Å²) in [4.78, 5) is 11.4. The predicted octanol–water partition coefficient (Wildman–Crippen LogP) is 2.05. The van der Waals surface area contributed by atoms with E-state index < -0.39 is 0 Å². The van der Waals surface area contributed by atoms with Crippen molar-refractivity contribution in [3.8, 4) is 0 Å². The molecule has 3 heteroatoms. The van der Waals surface area contributed by atoms with Crippen LogP contribution < -0.4 is 5.32 Å². The van der Waals surface area contributed by atoms with Gasteiger partial charge in [0.1, 0.15) is 0 Å². The van der Waals surface area contributed by atoms with Crippen LogP contribution in [0.1, 0.15) is 12.5 Å². The zero-order chi connectivity index (χ0) is 10.4. The van der Waals surface area contributed by atoms with E-state index >= 15 is 0 Å². The number of carbonyl (C=O) groups excluding carboxylic acids is 1. The van der Waals surface area contributed by atoms with Crippen LogP contribution in [-0.2, 0) is 11.3 Å². The number of carbonyl (C=O) groups is 1. The number of hydrogen-bond acceptors (Lipinski definition) is 2. The van der Waals surface area contributed by atoms with Crippen LogP contribution in [0.2, 0.25) is 0 Å². The largest absolute Gasteiger partial charge is 0.351 e. The van der Waals surface area contributed by atoms with Crippen molar-refractivity contribution in [1.82, 2.24) is 5.32 Å². The van der Waals surface area contributed by atoms with Crippen molar-refractivity contribution in [2.24, 2.45) is 0 Å². The van der Waals surface area contributed by atoms with Crippen LogP contribution in [0.3, 0.4) is 0 Å². The van der Waals surface area contributed by atoms with Crippen LogP contribution in [0.4, 0.5) is 0 Å². The molecule has 0 aliphatic rings. The van der Waals surface area contributed by atoms with Gasteiger partial charge in [-0.2, -0.15) is 11.8 Å². The summed E-state index contributed by atoms with van der Waals surface area (Å²) >= 11 is 1.56. The minimum absolute atomic E-state index is 0.0266. The Hall–Kier alpha value is -0.960. The molecule has 76 valence electrons. The minimum Gasteiger partial charge on any atom is -0.351 e. The van der Waals surface area contributed by atoms with Crippen molar-refractivity contribution in [3.05, 3.63) is 35.9 Å². The fourth-order valence-electron chi connectivity index (χ4n) is 1.04. The Morgan fingerprint density at radius 2 is 2.07 bits per heavy atom. The maximum atomic E-state index is 11.4. The van der Waals surface area contributed by atoms with Crippen LogP contribution >= 0.6 is 11.8 Å². The molecule has 1 N–H and O–H groups in total. The van der Waals surface area contributed by atoms with E-state index in [0.29, 0.717) is 6.54 Å². The first-order valence-corrected chi connectivity index (χ1v) is 5.87. The number of amides is 1. The molecule has 0 heterocycles. The average molecular weight is 209 g/mol. The van der Waals surface area contributed by atoms with E-state index in [1.165, 1.54) is 0 Å². The van der Waals surface area contributed by atoms with E-state index in [2.05, 4.69) is 5.32 Å². The van der Waals surface area contributed by atoms with Crippen LogP contribution in [0.5, 0.6) is 0 Å². The quantitative estimate of drug-likeness (QED) is 0.822. The Labute approximate surface area is 89.1 Å². The molecule has 2 nitrogen and oxygen atoms in total. The summed E-state index contributed by atoms with van der Waals surface area (Å²) in [5, 5.41) is 2.92. The molecule has 0 radical (unpaired) electrons. The van der Waals surface area contributed by atoms with Gasteiger partial charge in [-0.15, -0.1) is 0 Å². The van der Waals surface area contributed by atoms with E-state index in [1.54, 1.807) is 11.8 Å². The predicted molar refractivity (Wildman–Crippen MR) is 61.3 cm³/mol. The van der Waals surface area contributed by atoms with E-state index in [4.69, 9.17) is 0 Å². The second-order valence-corrected chi connectivity index (χ2v) is 4.26. The molecular formula is C11H15NOS. The SMILES string of the molecule is CSC(C)C(=O)NCc1ccccc1. The fraction of sp³-hybridized carbons (Fsp3) is 0.364. The van der Waals surface area contributed by atoms with Crippen molar-refractivity contribution in [2.75, 3.05) is 6.26 Å². The molecular weight excluding hydrogens is 194 g/mol. The number of rotatable bonds is 4. The van der Waals surface area contributed by atoms with Crippen LogP contribution in [0.25, 0.3) is 0 Å². The Kier molecular flexibility index (Phi) is 4.53. The van der Waals surface area contributed by atoms with E-state index in [-0.39, 0.29) is 11.2 Å². The van der Waals surface area contributed by atoms with Gasteiger partial charge in [0.05, 0.1) is 5.25 Å². The summed E-state index contributed by atoms with van der Waals surface area (Å²) < 4.78 is 0. The first-order valence-electron chi connectivity index (χ1n) is 4.58. The number of thioether (sulfide) groups is 1. The van der Waals surface area contributed by atoms with Gasteiger partial charge < -0.3 is 5.32 Å². The van der Waals surface area contributed by atoms with Crippen molar-refractivity contribution in [2.45, 2.75) is 18.7 Å². The third kappa shape index (κ3) is 3.42. The lowest BCUT2D eigenvalue weighted by atomic mass is 10.2. The molecule has 1 amide bonds. The number of benzene rings is 1.